The number of benzene rings is 1. The number of anilines is 2. The van der Waals surface area contributed by atoms with E-state index in [0.717, 1.165) is 52.5 Å². The molecule has 5 rings (SSSR count). The zero-order valence-electron chi connectivity index (χ0n) is 21.7. The van der Waals surface area contributed by atoms with Crippen LogP contribution in [0.4, 0.5) is 11.6 Å². The summed E-state index contributed by atoms with van der Waals surface area (Å²) in [5.41, 5.74) is 10.4. The number of amides is 1. The van der Waals surface area contributed by atoms with Gasteiger partial charge < -0.3 is 20.9 Å². The first-order valence-electron chi connectivity index (χ1n) is 12.6. The van der Waals surface area contributed by atoms with E-state index in [1.54, 1.807) is 18.5 Å². The van der Waals surface area contributed by atoms with Crippen LogP contribution in [0.2, 0.25) is 0 Å². The maximum atomic E-state index is 13.1. The molecule has 0 bridgehead atoms. The number of nitrogens with two attached hydrogens (primary N) is 1. The molecule has 1 amide bonds. The Morgan fingerprint density at radius 2 is 2.00 bits per heavy atom. The summed E-state index contributed by atoms with van der Waals surface area (Å²) in [5, 5.41) is 3.23. The molecule has 9 heteroatoms. The van der Waals surface area contributed by atoms with E-state index >= 15 is 0 Å². The molecule has 9 nitrogen and oxygen atoms in total. The lowest BCUT2D eigenvalue weighted by Gasteiger charge is -2.22. The molecule has 0 aliphatic carbocycles. The number of likely N-dealkylation sites (N-methyl/N-ethyl adjacent to an activating group) is 1. The zero-order valence-corrected chi connectivity index (χ0v) is 21.7. The van der Waals surface area contributed by atoms with Gasteiger partial charge in [-0.15, -0.1) is 0 Å². The summed E-state index contributed by atoms with van der Waals surface area (Å²) in [5.74, 6) is 1.92. The number of fused-ring (bicyclic) bond motifs is 1. The summed E-state index contributed by atoms with van der Waals surface area (Å²) in [6.45, 7) is 5.56. The highest BCUT2D eigenvalue weighted by molar-refractivity contribution is 5.89. The first kappa shape index (κ1) is 25.2. The number of hydrogen-bond acceptors (Lipinski definition) is 7. The van der Waals surface area contributed by atoms with E-state index in [1.165, 1.54) is 0 Å². The largest absolute Gasteiger partial charge is 0.382 e. The maximum absolute atomic E-state index is 13.1. The fraction of sp³-hybridized carbons (Fsp3) is 0.241. The fourth-order valence-electron chi connectivity index (χ4n) is 4.78. The van der Waals surface area contributed by atoms with Crippen LogP contribution in [0.25, 0.3) is 22.5 Å². The van der Waals surface area contributed by atoms with Gasteiger partial charge in [0.2, 0.25) is 5.91 Å². The Labute approximate surface area is 222 Å². The minimum absolute atomic E-state index is 0.00190. The van der Waals surface area contributed by atoms with E-state index in [-0.39, 0.29) is 11.9 Å². The number of hydrogen-bond donors (Lipinski definition) is 2. The molecule has 194 valence electrons. The van der Waals surface area contributed by atoms with Crippen molar-refractivity contribution in [2.45, 2.75) is 18.9 Å². The fourth-order valence-corrected chi connectivity index (χ4v) is 4.78. The Hall–Kier alpha value is -4.50. The van der Waals surface area contributed by atoms with E-state index < -0.39 is 0 Å². The van der Waals surface area contributed by atoms with E-state index in [1.807, 2.05) is 83.0 Å². The van der Waals surface area contributed by atoms with Crippen LogP contribution in [0.1, 0.15) is 30.3 Å². The second-order valence-corrected chi connectivity index (χ2v) is 9.60. The SMILES string of the molecule is C=C(Nc1ccccn1)c1ccc(-c2nc([C@@H]3CCCN3C(=O)/C=C/CN(C)C)n3ccnc(N)c23)cc1. The molecule has 0 unspecified atom stereocenters. The molecule has 1 aliphatic rings. The monoisotopic (exact) mass is 508 g/mol. The maximum Gasteiger partial charge on any atom is 0.246 e. The van der Waals surface area contributed by atoms with Gasteiger partial charge in [0.25, 0.3) is 0 Å². The van der Waals surface area contributed by atoms with E-state index in [0.29, 0.717) is 18.9 Å². The van der Waals surface area contributed by atoms with Crippen LogP contribution in [-0.2, 0) is 4.79 Å². The highest BCUT2D eigenvalue weighted by atomic mass is 16.2. The number of rotatable bonds is 8. The number of carbonyl (C=O) groups is 1. The van der Waals surface area contributed by atoms with Gasteiger partial charge in [0, 0.05) is 49.0 Å². The number of aromatic nitrogens is 4. The molecular formula is C29H32N8O. The van der Waals surface area contributed by atoms with Crippen molar-refractivity contribution in [2.24, 2.45) is 0 Å². The molecule has 1 aliphatic heterocycles. The van der Waals surface area contributed by atoms with Crippen molar-refractivity contribution in [3.8, 4) is 11.3 Å². The van der Waals surface area contributed by atoms with Gasteiger partial charge in [0.05, 0.1) is 6.04 Å². The van der Waals surface area contributed by atoms with Crippen molar-refractivity contribution in [3.63, 3.8) is 0 Å². The van der Waals surface area contributed by atoms with Crippen molar-refractivity contribution in [2.75, 3.05) is 38.2 Å². The summed E-state index contributed by atoms with van der Waals surface area (Å²) in [4.78, 5) is 30.6. The van der Waals surface area contributed by atoms with Gasteiger partial charge in [0.15, 0.2) is 0 Å². The predicted molar refractivity (Wildman–Crippen MR) is 151 cm³/mol. The minimum atomic E-state index is -0.142. The van der Waals surface area contributed by atoms with Gasteiger partial charge in [-0.2, -0.15) is 0 Å². The Balaban J connectivity index is 1.45. The topological polar surface area (TPSA) is 105 Å². The van der Waals surface area contributed by atoms with Gasteiger partial charge in [-0.25, -0.2) is 15.0 Å². The van der Waals surface area contributed by atoms with Crippen molar-refractivity contribution in [1.29, 1.82) is 0 Å². The molecule has 3 aromatic heterocycles. The molecule has 1 atom stereocenters. The van der Waals surface area contributed by atoms with E-state index in [9.17, 15) is 4.79 Å². The lowest BCUT2D eigenvalue weighted by atomic mass is 10.1. The standard InChI is InChI=1S/C29H32N8O/c1-20(33-24-9-4-5-15-31-24)21-11-13-22(14-12-21)26-27-28(30)32-16-19-37(27)29(34-26)23-8-6-18-36(23)25(38)10-7-17-35(2)3/h4-5,7,9-16,19,23H,1,6,8,17-18H2,2-3H3,(H2,30,32)(H,31,33)/b10-7+/t23-/m0/s1. The third kappa shape index (κ3) is 5.14. The summed E-state index contributed by atoms with van der Waals surface area (Å²) in [7, 11) is 3.95. The molecular weight excluding hydrogens is 476 g/mol. The first-order chi connectivity index (χ1) is 18.4. The predicted octanol–water partition coefficient (Wildman–Crippen LogP) is 4.24. The van der Waals surface area contributed by atoms with Crippen LogP contribution in [0.5, 0.6) is 0 Å². The molecule has 1 aromatic carbocycles. The molecule has 0 radical (unpaired) electrons. The molecule has 4 heterocycles. The summed E-state index contributed by atoms with van der Waals surface area (Å²) in [6, 6.07) is 13.5. The highest BCUT2D eigenvalue weighted by Crippen LogP contribution is 2.36. The quantitative estimate of drug-likeness (QED) is 0.343. The number of imidazole rings is 1. The summed E-state index contributed by atoms with van der Waals surface area (Å²) >= 11 is 0. The summed E-state index contributed by atoms with van der Waals surface area (Å²) < 4.78 is 1.98. The molecule has 4 aromatic rings. The lowest BCUT2D eigenvalue weighted by molar-refractivity contribution is -0.127. The summed E-state index contributed by atoms with van der Waals surface area (Å²) in [6.07, 6.45) is 10.6. The number of nitrogens with zero attached hydrogens (tertiary/aromatic N) is 6. The number of nitrogens with one attached hydrogen (secondary N) is 1. The molecule has 0 saturated carbocycles. The Morgan fingerprint density at radius 1 is 1.18 bits per heavy atom. The number of likely N-dealkylation sites (tertiary alicyclic amines) is 1. The van der Waals surface area contributed by atoms with Crippen LogP contribution >= 0.6 is 0 Å². The number of nitrogen functional groups attached to an aromatic ring is 1. The van der Waals surface area contributed by atoms with Crippen LogP contribution in [-0.4, -0.2) is 62.2 Å². The number of carbonyl (C=O) groups excluding carboxylic acids is 1. The normalized spacial score (nSPS) is 15.6. The van der Waals surface area contributed by atoms with Crippen molar-refractivity contribution >= 4 is 28.8 Å². The van der Waals surface area contributed by atoms with Crippen molar-refractivity contribution in [1.82, 2.24) is 29.2 Å². The Bertz CT molecular complexity index is 1470. The third-order valence-electron chi connectivity index (χ3n) is 6.63. The van der Waals surface area contributed by atoms with Crippen molar-refractivity contribution in [3.05, 3.63) is 91.2 Å². The van der Waals surface area contributed by atoms with Crippen LogP contribution in [0, 0.1) is 0 Å². The average molecular weight is 509 g/mol. The van der Waals surface area contributed by atoms with Gasteiger partial charge in [-0.1, -0.05) is 43.0 Å². The molecule has 3 N–H and O–H groups in total. The smallest absolute Gasteiger partial charge is 0.246 e. The van der Waals surface area contributed by atoms with Gasteiger partial charge in [-0.05, 0) is 44.6 Å². The Kier molecular flexibility index (Phi) is 7.19. The van der Waals surface area contributed by atoms with Gasteiger partial charge >= 0.3 is 0 Å². The number of pyridine rings is 1. The molecule has 1 saturated heterocycles. The highest BCUT2D eigenvalue weighted by Gasteiger charge is 2.33. The van der Waals surface area contributed by atoms with E-state index in [4.69, 9.17) is 10.7 Å². The molecule has 1 fully saturated rings. The van der Waals surface area contributed by atoms with Gasteiger partial charge in [-0.3, -0.25) is 9.20 Å². The van der Waals surface area contributed by atoms with Crippen LogP contribution in [0.15, 0.2) is 79.8 Å². The molecule has 0 spiro atoms. The zero-order chi connectivity index (χ0) is 26.6. The second kappa shape index (κ2) is 10.9. The average Bonchev–Trinajstić information content (AvgIpc) is 3.55. The third-order valence-corrected chi connectivity index (χ3v) is 6.63. The van der Waals surface area contributed by atoms with Gasteiger partial charge in [0.1, 0.15) is 28.7 Å². The molecule has 38 heavy (non-hydrogen) atoms. The lowest BCUT2D eigenvalue weighted by Crippen LogP contribution is -2.30. The van der Waals surface area contributed by atoms with E-state index in [2.05, 4.69) is 21.9 Å². The Morgan fingerprint density at radius 3 is 2.74 bits per heavy atom. The first-order valence-corrected chi connectivity index (χ1v) is 12.6. The van der Waals surface area contributed by atoms with Crippen molar-refractivity contribution < 1.29 is 4.79 Å². The minimum Gasteiger partial charge on any atom is -0.382 e. The van der Waals surface area contributed by atoms with Crippen LogP contribution < -0.4 is 11.1 Å². The second-order valence-electron chi connectivity index (χ2n) is 9.60. The van der Waals surface area contributed by atoms with Crippen LogP contribution in [0.3, 0.4) is 0 Å².